The average Bonchev–Trinajstić information content (AvgIpc) is 3.11. The number of benzene rings is 1. The lowest BCUT2D eigenvalue weighted by Gasteiger charge is -2.23. The van der Waals surface area contributed by atoms with E-state index in [1.54, 1.807) is 0 Å². The standard InChI is InChI=1S/C17H23N3O/c1-3-4-9-16-18-17(21-19-16)12-20(2)15-11-10-13-7-5-6-8-14(13)15/h5-8,15H,3-4,9-12H2,1-2H3. The minimum Gasteiger partial charge on any atom is -0.338 e. The molecule has 21 heavy (non-hydrogen) atoms. The van der Waals surface area contributed by atoms with Gasteiger partial charge in [-0.15, -0.1) is 0 Å². The maximum atomic E-state index is 5.38. The highest BCUT2D eigenvalue weighted by Crippen LogP contribution is 2.35. The van der Waals surface area contributed by atoms with E-state index in [1.165, 1.54) is 17.5 Å². The molecule has 0 aliphatic heterocycles. The lowest BCUT2D eigenvalue weighted by atomic mass is 10.1. The van der Waals surface area contributed by atoms with Gasteiger partial charge in [-0.3, -0.25) is 4.90 Å². The number of fused-ring (bicyclic) bond motifs is 1. The molecule has 0 radical (unpaired) electrons. The van der Waals surface area contributed by atoms with Gasteiger partial charge in [-0.1, -0.05) is 42.8 Å². The van der Waals surface area contributed by atoms with Crippen LogP contribution in [0.2, 0.25) is 0 Å². The van der Waals surface area contributed by atoms with E-state index >= 15 is 0 Å². The summed E-state index contributed by atoms with van der Waals surface area (Å²) in [6.45, 7) is 2.89. The highest BCUT2D eigenvalue weighted by Gasteiger charge is 2.26. The predicted molar refractivity (Wildman–Crippen MR) is 81.9 cm³/mol. The molecule has 0 bridgehead atoms. The van der Waals surface area contributed by atoms with Crippen molar-refractivity contribution in [3.63, 3.8) is 0 Å². The molecule has 1 heterocycles. The molecule has 1 aliphatic rings. The molecule has 4 heteroatoms. The fourth-order valence-electron chi connectivity index (χ4n) is 3.11. The van der Waals surface area contributed by atoms with Gasteiger partial charge >= 0.3 is 0 Å². The van der Waals surface area contributed by atoms with Crippen LogP contribution in [0.5, 0.6) is 0 Å². The van der Waals surface area contributed by atoms with Gasteiger partial charge in [-0.25, -0.2) is 0 Å². The van der Waals surface area contributed by atoms with Crippen LogP contribution in [0.3, 0.4) is 0 Å². The normalized spacial score (nSPS) is 17.4. The highest BCUT2D eigenvalue weighted by atomic mass is 16.5. The summed E-state index contributed by atoms with van der Waals surface area (Å²) < 4.78 is 5.38. The Kier molecular flexibility index (Phi) is 4.34. The van der Waals surface area contributed by atoms with Crippen LogP contribution in [0.15, 0.2) is 28.8 Å². The number of nitrogens with zero attached hydrogens (tertiary/aromatic N) is 3. The van der Waals surface area contributed by atoms with Crippen molar-refractivity contribution in [3.8, 4) is 0 Å². The second-order valence-electron chi connectivity index (χ2n) is 5.88. The first-order chi connectivity index (χ1) is 10.3. The summed E-state index contributed by atoms with van der Waals surface area (Å²) >= 11 is 0. The molecular formula is C17H23N3O. The van der Waals surface area contributed by atoms with Gasteiger partial charge in [0.15, 0.2) is 5.82 Å². The second kappa shape index (κ2) is 6.39. The summed E-state index contributed by atoms with van der Waals surface area (Å²) in [6, 6.07) is 9.19. The third-order valence-electron chi connectivity index (χ3n) is 4.28. The maximum absolute atomic E-state index is 5.38. The molecule has 1 unspecified atom stereocenters. The highest BCUT2D eigenvalue weighted by molar-refractivity contribution is 5.34. The van der Waals surface area contributed by atoms with E-state index in [4.69, 9.17) is 4.52 Å². The lowest BCUT2D eigenvalue weighted by Crippen LogP contribution is -2.22. The first-order valence-electron chi connectivity index (χ1n) is 7.87. The summed E-state index contributed by atoms with van der Waals surface area (Å²) in [7, 11) is 2.14. The van der Waals surface area contributed by atoms with E-state index in [1.807, 2.05) is 0 Å². The molecule has 112 valence electrons. The molecule has 4 nitrogen and oxygen atoms in total. The van der Waals surface area contributed by atoms with E-state index in [0.29, 0.717) is 6.04 Å². The zero-order valence-corrected chi connectivity index (χ0v) is 12.9. The lowest BCUT2D eigenvalue weighted by molar-refractivity contribution is 0.204. The molecule has 1 aromatic carbocycles. The number of hydrogen-bond donors (Lipinski definition) is 0. The molecular weight excluding hydrogens is 262 g/mol. The van der Waals surface area contributed by atoms with Gasteiger partial charge in [0.1, 0.15) is 0 Å². The van der Waals surface area contributed by atoms with Crippen molar-refractivity contribution in [1.29, 1.82) is 0 Å². The van der Waals surface area contributed by atoms with Crippen LogP contribution in [0.4, 0.5) is 0 Å². The van der Waals surface area contributed by atoms with Crippen LogP contribution >= 0.6 is 0 Å². The van der Waals surface area contributed by atoms with Gasteiger partial charge in [0.05, 0.1) is 6.54 Å². The largest absolute Gasteiger partial charge is 0.338 e. The molecule has 0 fully saturated rings. The summed E-state index contributed by atoms with van der Waals surface area (Å²) in [4.78, 5) is 6.82. The molecule has 0 spiro atoms. The number of aryl methyl sites for hydroxylation is 2. The quantitative estimate of drug-likeness (QED) is 0.814. The molecule has 0 saturated heterocycles. The zero-order valence-electron chi connectivity index (χ0n) is 12.9. The van der Waals surface area contributed by atoms with Crippen LogP contribution in [0, 0.1) is 0 Å². The summed E-state index contributed by atoms with van der Waals surface area (Å²) in [5.74, 6) is 1.57. The van der Waals surface area contributed by atoms with Crippen LogP contribution in [0.1, 0.15) is 55.1 Å². The Balaban J connectivity index is 1.64. The molecule has 1 aliphatic carbocycles. The van der Waals surface area contributed by atoms with Crippen LogP contribution in [-0.2, 0) is 19.4 Å². The van der Waals surface area contributed by atoms with E-state index in [-0.39, 0.29) is 0 Å². The summed E-state index contributed by atoms with van der Waals surface area (Å²) in [6.07, 6.45) is 5.52. The number of hydrogen-bond acceptors (Lipinski definition) is 4. The Labute approximate surface area is 126 Å². The van der Waals surface area contributed by atoms with Gasteiger partial charge in [0.25, 0.3) is 0 Å². The first-order valence-corrected chi connectivity index (χ1v) is 7.87. The van der Waals surface area contributed by atoms with Crippen molar-refractivity contribution in [2.45, 2.75) is 51.6 Å². The Morgan fingerprint density at radius 3 is 3.05 bits per heavy atom. The van der Waals surface area contributed by atoms with Gasteiger partial charge < -0.3 is 4.52 Å². The van der Waals surface area contributed by atoms with Crippen molar-refractivity contribution < 1.29 is 4.52 Å². The Morgan fingerprint density at radius 1 is 1.33 bits per heavy atom. The number of unbranched alkanes of at least 4 members (excludes halogenated alkanes) is 1. The summed E-state index contributed by atoms with van der Waals surface area (Å²) in [5, 5.41) is 4.06. The van der Waals surface area contributed by atoms with Crippen molar-refractivity contribution >= 4 is 0 Å². The SMILES string of the molecule is CCCCc1noc(CN(C)C2CCc3ccccc32)n1. The van der Waals surface area contributed by atoms with E-state index < -0.39 is 0 Å². The fraction of sp³-hybridized carbons (Fsp3) is 0.529. The Hall–Kier alpha value is -1.68. The minimum atomic E-state index is 0.465. The molecule has 3 rings (SSSR count). The maximum Gasteiger partial charge on any atom is 0.240 e. The van der Waals surface area contributed by atoms with Gasteiger partial charge in [0, 0.05) is 12.5 Å². The zero-order chi connectivity index (χ0) is 14.7. The molecule has 0 N–H and O–H groups in total. The second-order valence-corrected chi connectivity index (χ2v) is 5.88. The van der Waals surface area contributed by atoms with Crippen molar-refractivity contribution in [1.82, 2.24) is 15.0 Å². The number of aromatic nitrogens is 2. The van der Waals surface area contributed by atoms with Gasteiger partial charge in [0.2, 0.25) is 5.89 Å². The van der Waals surface area contributed by atoms with Crippen LogP contribution in [-0.4, -0.2) is 22.1 Å². The number of rotatable bonds is 6. The van der Waals surface area contributed by atoms with Crippen molar-refractivity contribution in [2.24, 2.45) is 0 Å². The minimum absolute atomic E-state index is 0.465. The molecule has 0 saturated carbocycles. The molecule has 2 aromatic rings. The average molecular weight is 285 g/mol. The van der Waals surface area contributed by atoms with Gasteiger partial charge in [-0.05, 0) is 37.4 Å². The molecule has 1 atom stereocenters. The molecule has 0 amide bonds. The van der Waals surface area contributed by atoms with Gasteiger partial charge in [-0.2, -0.15) is 4.98 Å². The third-order valence-corrected chi connectivity index (χ3v) is 4.28. The topological polar surface area (TPSA) is 42.2 Å². The summed E-state index contributed by atoms with van der Waals surface area (Å²) in [5.41, 5.74) is 2.93. The van der Waals surface area contributed by atoms with Crippen LogP contribution < -0.4 is 0 Å². The molecule has 1 aromatic heterocycles. The fourth-order valence-corrected chi connectivity index (χ4v) is 3.11. The van der Waals surface area contributed by atoms with E-state index in [9.17, 15) is 0 Å². The van der Waals surface area contributed by atoms with E-state index in [0.717, 1.165) is 43.9 Å². The smallest absolute Gasteiger partial charge is 0.240 e. The third kappa shape index (κ3) is 3.16. The van der Waals surface area contributed by atoms with Crippen LogP contribution in [0.25, 0.3) is 0 Å². The predicted octanol–water partition coefficient (Wildman–Crippen LogP) is 3.53. The van der Waals surface area contributed by atoms with E-state index in [2.05, 4.69) is 53.3 Å². The Bertz CT molecular complexity index is 593. The van der Waals surface area contributed by atoms with Crippen molar-refractivity contribution in [2.75, 3.05) is 7.05 Å². The monoisotopic (exact) mass is 285 g/mol. The first kappa shape index (κ1) is 14.3. The van der Waals surface area contributed by atoms with Crippen molar-refractivity contribution in [3.05, 3.63) is 47.1 Å². The Morgan fingerprint density at radius 2 is 2.19 bits per heavy atom.